The van der Waals surface area contributed by atoms with Gasteiger partial charge in [-0.05, 0) is 18.6 Å². The molecule has 88 valence electrons. The standard InChI is InChI=1S/C12H17NO3/c1-2-3-4-8-16-10-7-5-6-9(11(10)13)12(14)15/h5-7H,2-4,8,13H2,1H3,(H,14,15). The number of benzene rings is 1. The van der Waals surface area contributed by atoms with Gasteiger partial charge in [0.15, 0.2) is 0 Å². The van der Waals surface area contributed by atoms with Crippen LogP contribution in [0.2, 0.25) is 0 Å². The van der Waals surface area contributed by atoms with Gasteiger partial charge in [-0.2, -0.15) is 0 Å². The summed E-state index contributed by atoms with van der Waals surface area (Å²) in [6, 6.07) is 4.79. The summed E-state index contributed by atoms with van der Waals surface area (Å²) in [5, 5.41) is 8.86. The number of anilines is 1. The number of carbonyl (C=O) groups is 1. The first-order chi connectivity index (χ1) is 7.66. The Labute approximate surface area is 95.0 Å². The summed E-state index contributed by atoms with van der Waals surface area (Å²) in [6.07, 6.45) is 3.17. The maximum atomic E-state index is 10.8. The quantitative estimate of drug-likeness (QED) is 0.574. The number of hydrogen-bond donors (Lipinski definition) is 2. The van der Waals surface area contributed by atoms with Crippen LogP contribution in [-0.4, -0.2) is 17.7 Å². The summed E-state index contributed by atoms with van der Waals surface area (Å²) >= 11 is 0. The predicted octanol–water partition coefficient (Wildman–Crippen LogP) is 2.54. The SMILES string of the molecule is CCCCCOc1cccc(C(=O)O)c1N. The van der Waals surface area contributed by atoms with E-state index in [0.29, 0.717) is 12.4 Å². The van der Waals surface area contributed by atoms with E-state index in [-0.39, 0.29) is 11.3 Å². The number of para-hydroxylation sites is 1. The minimum absolute atomic E-state index is 0.0907. The molecule has 0 saturated carbocycles. The maximum Gasteiger partial charge on any atom is 0.337 e. The highest BCUT2D eigenvalue weighted by Crippen LogP contribution is 2.25. The van der Waals surface area contributed by atoms with Gasteiger partial charge in [0.25, 0.3) is 0 Å². The maximum absolute atomic E-state index is 10.8. The molecule has 1 aromatic rings. The Morgan fingerprint density at radius 2 is 2.19 bits per heavy atom. The van der Waals surface area contributed by atoms with Crippen LogP contribution in [0.5, 0.6) is 5.75 Å². The minimum atomic E-state index is -1.03. The van der Waals surface area contributed by atoms with Crippen molar-refractivity contribution in [2.24, 2.45) is 0 Å². The van der Waals surface area contributed by atoms with E-state index in [4.69, 9.17) is 15.6 Å². The number of ether oxygens (including phenoxy) is 1. The van der Waals surface area contributed by atoms with Gasteiger partial charge in [-0.1, -0.05) is 25.8 Å². The first-order valence-corrected chi connectivity index (χ1v) is 5.41. The number of nitrogens with two attached hydrogens (primary N) is 1. The van der Waals surface area contributed by atoms with E-state index >= 15 is 0 Å². The van der Waals surface area contributed by atoms with Gasteiger partial charge in [-0.25, -0.2) is 4.79 Å². The largest absolute Gasteiger partial charge is 0.491 e. The second-order valence-corrected chi connectivity index (χ2v) is 3.58. The third kappa shape index (κ3) is 3.15. The predicted molar refractivity (Wildman–Crippen MR) is 62.8 cm³/mol. The van der Waals surface area contributed by atoms with E-state index in [1.54, 1.807) is 12.1 Å². The third-order valence-electron chi connectivity index (χ3n) is 2.30. The van der Waals surface area contributed by atoms with Crippen molar-refractivity contribution in [1.82, 2.24) is 0 Å². The molecule has 3 N–H and O–H groups in total. The highest BCUT2D eigenvalue weighted by molar-refractivity contribution is 5.95. The second kappa shape index (κ2) is 6.00. The van der Waals surface area contributed by atoms with Crippen molar-refractivity contribution in [2.45, 2.75) is 26.2 Å². The van der Waals surface area contributed by atoms with Crippen LogP contribution in [-0.2, 0) is 0 Å². The summed E-state index contributed by atoms with van der Waals surface area (Å²) < 4.78 is 5.44. The number of hydrogen-bond acceptors (Lipinski definition) is 3. The fraction of sp³-hybridized carbons (Fsp3) is 0.417. The zero-order valence-corrected chi connectivity index (χ0v) is 9.40. The molecule has 16 heavy (non-hydrogen) atoms. The normalized spacial score (nSPS) is 10.1. The molecule has 0 heterocycles. The van der Waals surface area contributed by atoms with Gasteiger partial charge in [0, 0.05) is 0 Å². The molecule has 0 radical (unpaired) electrons. The molecule has 0 bridgehead atoms. The molecule has 1 aromatic carbocycles. The molecule has 0 amide bonds. The van der Waals surface area contributed by atoms with Crippen LogP contribution in [0.1, 0.15) is 36.5 Å². The van der Waals surface area contributed by atoms with E-state index in [9.17, 15) is 4.79 Å². The Hall–Kier alpha value is -1.71. The van der Waals surface area contributed by atoms with Crippen molar-refractivity contribution in [3.63, 3.8) is 0 Å². The van der Waals surface area contributed by atoms with E-state index in [0.717, 1.165) is 19.3 Å². The molecule has 4 nitrogen and oxygen atoms in total. The lowest BCUT2D eigenvalue weighted by Gasteiger charge is -2.10. The fourth-order valence-corrected chi connectivity index (χ4v) is 1.39. The van der Waals surface area contributed by atoms with Gasteiger partial charge in [0.1, 0.15) is 5.75 Å². The lowest BCUT2D eigenvalue weighted by atomic mass is 10.1. The van der Waals surface area contributed by atoms with Crippen molar-refractivity contribution in [2.75, 3.05) is 12.3 Å². The average Bonchev–Trinajstić information content (AvgIpc) is 2.26. The van der Waals surface area contributed by atoms with Gasteiger partial charge in [0.05, 0.1) is 17.9 Å². The number of carboxylic acids is 1. The first-order valence-electron chi connectivity index (χ1n) is 5.41. The summed E-state index contributed by atoms with van der Waals surface area (Å²) in [4.78, 5) is 10.8. The van der Waals surface area contributed by atoms with Gasteiger partial charge in [-0.3, -0.25) is 0 Å². The number of aromatic carboxylic acids is 1. The zero-order chi connectivity index (χ0) is 12.0. The van der Waals surface area contributed by atoms with Crippen molar-refractivity contribution >= 4 is 11.7 Å². The molecular weight excluding hydrogens is 206 g/mol. The lowest BCUT2D eigenvalue weighted by molar-refractivity contribution is 0.0697. The Morgan fingerprint density at radius 1 is 1.44 bits per heavy atom. The van der Waals surface area contributed by atoms with Crippen molar-refractivity contribution in [1.29, 1.82) is 0 Å². The molecule has 0 aromatic heterocycles. The number of rotatable bonds is 6. The van der Waals surface area contributed by atoms with Gasteiger partial charge in [-0.15, -0.1) is 0 Å². The minimum Gasteiger partial charge on any atom is -0.491 e. The van der Waals surface area contributed by atoms with Crippen LogP contribution in [0.3, 0.4) is 0 Å². The molecule has 0 unspecified atom stereocenters. The topological polar surface area (TPSA) is 72.5 Å². The summed E-state index contributed by atoms with van der Waals surface area (Å²) in [5.41, 5.74) is 5.98. The Kier molecular flexibility index (Phi) is 4.64. The molecular formula is C12H17NO3. The first kappa shape index (κ1) is 12.4. The van der Waals surface area contributed by atoms with Crippen LogP contribution in [0, 0.1) is 0 Å². The van der Waals surface area contributed by atoms with Crippen LogP contribution in [0.25, 0.3) is 0 Å². The molecule has 0 aliphatic carbocycles. The van der Waals surface area contributed by atoms with E-state index in [2.05, 4.69) is 6.92 Å². The summed E-state index contributed by atoms with van der Waals surface area (Å²) in [5.74, 6) is -0.576. The third-order valence-corrected chi connectivity index (χ3v) is 2.30. The fourth-order valence-electron chi connectivity index (χ4n) is 1.39. The van der Waals surface area contributed by atoms with E-state index in [1.165, 1.54) is 6.07 Å². The molecule has 0 fully saturated rings. The van der Waals surface area contributed by atoms with Gasteiger partial charge in [0.2, 0.25) is 0 Å². The molecule has 0 saturated heterocycles. The van der Waals surface area contributed by atoms with Crippen molar-refractivity contribution in [3.05, 3.63) is 23.8 Å². The molecule has 4 heteroatoms. The molecule has 0 atom stereocenters. The van der Waals surface area contributed by atoms with Crippen LogP contribution < -0.4 is 10.5 Å². The number of nitrogen functional groups attached to an aromatic ring is 1. The summed E-state index contributed by atoms with van der Waals surface area (Å²) in [6.45, 7) is 2.68. The van der Waals surface area contributed by atoms with E-state index < -0.39 is 5.97 Å². The van der Waals surface area contributed by atoms with Crippen LogP contribution in [0.15, 0.2) is 18.2 Å². The Morgan fingerprint density at radius 3 is 2.81 bits per heavy atom. The smallest absolute Gasteiger partial charge is 0.337 e. The average molecular weight is 223 g/mol. The second-order valence-electron chi connectivity index (χ2n) is 3.58. The monoisotopic (exact) mass is 223 g/mol. The highest BCUT2D eigenvalue weighted by Gasteiger charge is 2.11. The highest BCUT2D eigenvalue weighted by atomic mass is 16.5. The molecule has 0 spiro atoms. The Balaban J connectivity index is 2.66. The van der Waals surface area contributed by atoms with Gasteiger partial charge >= 0.3 is 5.97 Å². The molecule has 0 aliphatic rings. The molecule has 0 aliphatic heterocycles. The van der Waals surface area contributed by atoms with Crippen molar-refractivity contribution < 1.29 is 14.6 Å². The lowest BCUT2D eigenvalue weighted by Crippen LogP contribution is -2.06. The zero-order valence-electron chi connectivity index (χ0n) is 9.40. The summed E-state index contributed by atoms with van der Waals surface area (Å²) in [7, 11) is 0. The van der Waals surface area contributed by atoms with Crippen LogP contribution >= 0.6 is 0 Å². The number of carboxylic acid groups (broad SMARTS) is 1. The van der Waals surface area contributed by atoms with Crippen molar-refractivity contribution in [3.8, 4) is 5.75 Å². The Bertz CT molecular complexity index is 363. The number of unbranched alkanes of at least 4 members (excludes halogenated alkanes) is 2. The van der Waals surface area contributed by atoms with E-state index in [1.807, 2.05) is 0 Å². The molecule has 1 rings (SSSR count). The van der Waals surface area contributed by atoms with Crippen LogP contribution in [0.4, 0.5) is 5.69 Å². The van der Waals surface area contributed by atoms with Gasteiger partial charge < -0.3 is 15.6 Å².